The molecule has 0 fully saturated rings. The second-order valence-corrected chi connectivity index (χ2v) is 8.53. The third-order valence-corrected chi connectivity index (χ3v) is 6.35. The van der Waals surface area contributed by atoms with Gasteiger partial charge in [-0.2, -0.15) is 0 Å². The minimum atomic E-state index is -0.510. The van der Waals surface area contributed by atoms with Crippen molar-refractivity contribution in [3.8, 4) is 0 Å². The molecule has 2 heterocycles. The van der Waals surface area contributed by atoms with Crippen molar-refractivity contribution in [1.82, 2.24) is 14.5 Å². The van der Waals surface area contributed by atoms with E-state index in [2.05, 4.69) is 5.32 Å². The fourth-order valence-corrected chi connectivity index (χ4v) is 4.44. The van der Waals surface area contributed by atoms with Crippen molar-refractivity contribution in [1.29, 1.82) is 0 Å². The number of nitrogens with one attached hydrogen (secondary N) is 1. The van der Waals surface area contributed by atoms with E-state index in [1.54, 1.807) is 35.7 Å². The zero-order chi connectivity index (χ0) is 22.7. The molecule has 0 saturated heterocycles. The number of amides is 1. The zero-order valence-electron chi connectivity index (χ0n) is 16.9. The SMILES string of the molecule is O=C(CCn1c(=O)c2sccc2n(Cc2ccc(F)cc2)c1=O)NCc1ccccc1Cl. The van der Waals surface area contributed by atoms with Crippen molar-refractivity contribution in [3.63, 3.8) is 0 Å². The molecule has 9 heteroatoms. The molecule has 2 aromatic carbocycles. The monoisotopic (exact) mass is 471 g/mol. The summed E-state index contributed by atoms with van der Waals surface area (Å²) in [5, 5.41) is 5.06. The zero-order valence-corrected chi connectivity index (χ0v) is 18.5. The lowest BCUT2D eigenvalue weighted by atomic mass is 10.2. The first-order valence-electron chi connectivity index (χ1n) is 9.89. The molecule has 0 saturated carbocycles. The summed E-state index contributed by atoms with van der Waals surface area (Å²) in [6, 6.07) is 14.7. The van der Waals surface area contributed by atoms with Crippen molar-refractivity contribution in [2.45, 2.75) is 26.1 Å². The summed E-state index contributed by atoms with van der Waals surface area (Å²) in [5.74, 6) is -0.665. The Bertz CT molecular complexity index is 1390. The van der Waals surface area contributed by atoms with Crippen molar-refractivity contribution in [2.75, 3.05) is 0 Å². The summed E-state index contributed by atoms with van der Waals surface area (Å²) in [7, 11) is 0. The molecule has 0 aliphatic carbocycles. The first kappa shape index (κ1) is 22.0. The molecule has 164 valence electrons. The van der Waals surface area contributed by atoms with E-state index in [1.165, 1.54) is 28.0 Å². The van der Waals surface area contributed by atoms with Crippen LogP contribution in [-0.4, -0.2) is 15.0 Å². The molecule has 0 radical (unpaired) electrons. The van der Waals surface area contributed by atoms with Gasteiger partial charge in [0.05, 0.1) is 12.1 Å². The van der Waals surface area contributed by atoms with Gasteiger partial charge in [0.2, 0.25) is 5.91 Å². The van der Waals surface area contributed by atoms with Crippen LogP contribution in [0.25, 0.3) is 10.2 Å². The van der Waals surface area contributed by atoms with Gasteiger partial charge in [-0.15, -0.1) is 11.3 Å². The van der Waals surface area contributed by atoms with Gasteiger partial charge in [-0.25, -0.2) is 9.18 Å². The van der Waals surface area contributed by atoms with Crippen molar-refractivity contribution in [3.05, 3.63) is 103 Å². The number of fused-ring (bicyclic) bond motifs is 1. The number of carbonyl (C=O) groups is 1. The summed E-state index contributed by atoms with van der Waals surface area (Å²) in [5.41, 5.74) is 1.09. The van der Waals surface area contributed by atoms with E-state index in [0.717, 1.165) is 15.7 Å². The Kier molecular flexibility index (Phi) is 6.53. The van der Waals surface area contributed by atoms with Gasteiger partial charge in [0.1, 0.15) is 10.5 Å². The molecular weight excluding hydrogens is 453 g/mol. The van der Waals surface area contributed by atoms with Crippen LogP contribution in [-0.2, 0) is 24.4 Å². The number of carbonyl (C=O) groups excluding carboxylic acids is 1. The van der Waals surface area contributed by atoms with E-state index in [0.29, 0.717) is 15.2 Å². The van der Waals surface area contributed by atoms with Gasteiger partial charge in [-0.05, 0) is 40.8 Å². The molecule has 0 bridgehead atoms. The maximum Gasteiger partial charge on any atom is 0.331 e. The van der Waals surface area contributed by atoms with Crippen molar-refractivity contribution >= 4 is 39.1 Å². The normalized spacial score (nSPS) is 11.1. The molecule has 32 heavy (non-hydrogen) atoms. The Hall–Kier alpha value is -3.23. The summed E-state index contributed by atoms with van der Waals surface area (Å²) >= 11 is 7.34. The predicted octanol–water partition coefficient (Wildman–Crippen LogP) is 3.77. The van der Waals surface area contributed by atoms with Crippen LogP contribution in [0.15, 0.2) is 69.6 Å². The van der Waals surface area contributed by atoms with E-state index in [-0.39, 0.29) is 37.8 Å². The van der Waals surface area contributed by atoms with Crippen LogP contribution in [0.3, 0.4) is 0 Å². The highest BCUT2D eigenvalue weighted by molar-refractivity contribution is 7.17. The van der Waals surface area contributed by atoms with Gasteiger partial charge < -0.3 is 5.32 Å². The second-order valence-electron chi connectivity index (χ2n) is 7.21. The van der Waals surface area contributed by atoms with Crippen LogP contribution in [0.4, 0.5) is 4.39 Å². The van der Waals surface area contributed by atoms with Crippen LogP contribution >= 0.6 is 22.9 Å². The summed E-state index contributed by atoms with van der Waals surface area (Å²) in [4.78, 5) is 38.3. The van der Waals surface area contributed by atoms with E-state index in [1.807, 2.05) is 12.1 Å². The molecule has 4 aromatic rings. The number of halogens is 2. The Labute approximate surface area is 191 Å². The molecule has 0 spiro atoms. The number of thiophene rings is 1. The molecule has 1 N–H and O–H groups in total. The number of aromatic nitrogens is 2. The lowest BCUT2D eigenvalue weighted by Crippen LogP contribution is -2.40. The summed E-state index contributed by atoms with van der Waals surface area (Å²) in [6.07, 6.45) is -0.0347. The largest absolute Gasteiger partial charge is 0.352 e. The first-order chi connectivity index (χ1) is 15.4. The fourth-order valence-electron chi connectivity index (χ4n) is 3.39. The van der Waals surface area contributed by atoms with Gasteiger partial charge in [0.15, 0.2) is 0 Å². The lowest BCUT2D eigenvalue weighted by Gasteiger charge is -2.13. The number of rotatable bonds is 7. The van der Waals surface area contributed by atoms with E-state index >= 15 is 0 Å². The van der Waals surface area contributed by atoms with Crippen LogP contribution in [0.1, 0.15) is 17.5 Å². The molecule has 2 aromatic heterocycles. The summed E-state index contributed by atoms with van der Waals surface area (Å²) < 4.78 is 16.2. The van der Waals surface area contributed by atoms with Gasteiger partial charge in [-0.1, -0.05) is 41.9 Å². The molecule has 0 aliphatic rings. The minimum absolute atomic E-state index is 0.0347. The van der Waals surface area contributed by atoms with Crippen LogP contribution in [0.2, 0.25) is 5.02 Å². The Morgan fingerprint density at radius 2 is 1.78 bits per heavy atom. The fraction of sp³-hybridized carbons (Fsp3) is 0.174. The topological polar surface area (TPSA) is 73.1 Å². The van der Waals surface area contributed by atoms with Gasteiger partial charge in [0.25, 0.3) is 5.56 Å². The minimum Gasteiger partial charge on any atom is -0.352 e. The standard InChI is InChI=1S/C23H19ClFN3O3S/c24-18-4-2-1-3-16(18)13-26-20(29)9-11-27-22(30)21-19(10-12-32-21)28(23(27)31)14-15-5-7-17(25)8-6-15/h1-8,10,12H,9,11,13-14H2,(H,26,29). The number of hydrogen-bond acceptors (Lipinski definition) is 4. The molecule has 1 amide bonds. The quantitative estimate of drug-likeness (QED) is 0.446. The van der Waals surface area contributed by atoms with Crippen molar-refractivity contribution < 1.29 is 9.18 Å². The lowest BCUT2D eigenvalue weighted by molar-refractivity contribution is -0.121. The molecular formula is C23H19ClFN3O3S. The van der Waals surface area contributed by atoms with Gasteiger partial charge >= 0.3 is 5.69 Å². The van der Waals surface area contributed by atoms with Crippen LogP contribution < -0.4 is 16.6 Å². The van der Waals surface area contributed by atoms with Crippen LogP contribution in [0.5, 0.6) is 0 Å². The Morgan fingerprint density at radius 3 is 2.53 bits per heavy atom. The average Bonchev–Trinajstić information content (AvgIpc) is 3.27. The molecule has 0 aliphatic heterocycles. The number of nitrogens with zero attached hydrogens (tertiary/aromatic N) is 2. The molecule has 0 unspecified atom stereocenters. The van der Waals surface area contributed by atoms with E-state index in [4.69, 9.17) is 11.6 Å². The Morgan fingerprint density at radius 1 is 1.03 bits per heavy atom. The predicted molar refractivity (Wildman–Crippen MR) is 124 cm³/mol. The van der Waals surface area contributed by atoms with E-state index < -0.39 is 11.2 Å². The Balaban J connectivity index is 1.55. The molecule has 6 nitrogen and oxygen atoms in total. The first-order valence-corrected chi connectivity index (χ1v) is 11.1. The van der Waals surface area contributed by atoms with E-state index in [9.17, 15) is 18.8 Å². The third-order valence-electron chi connectivity index (χ3n) is 5.09. The van der Waals surface area contributed by atoms with Gasteiger partial charge in [-0.3, -0.25) is 18.7 Å². The van der Waals surface area contributed by atoms with Crippen molar-refractivity contribution in [2.24, 2.45) is 0 Å². The maximum atomic E-state index is 13.2. The van der Waals surface area contributed by atoms with Gasteiger partial charge in [0, 0.05) is 24.5 Å². The average molecular weight is 472 g/mol. The highest BCUT2D eigenvalue weighted by atomic mass is 35.5. The third kappa shape index (κ3) is 4.66. The number of hydrogen-bond donors (Lipinski definition) is 1. The second kappa shape index (κ2) is 9.50. The maximum absolute atomic E-state index is 13.2. The molecule has 0 atom stereocenters. The smallest absolute Gasteiger partial charge is 0.331 e. The highest BCUT2D eigenvalue weighted by Gasteiger charge is 2.15. The van der Waals surface area contributed by atoms with Crippen LogP contribution in [0, 0.1) is 5.82 Å². The number of benzene rings is 2. The highest BCUT2D eigenvalue weighted by Crippen LogP contribution is 2.17. The molecule has 4 rings (SSSR count). The summed E-state index contributed by atoms with van der Waals surface area (Å²) in [6.45, 7) is 0.390.